The average Bonchev–Trinajstić information content (AvgIpc) is 3.10. The van der Waals surface area contributed by atoms with Crippen molar-refractivity contribution >= 4 is 40.1 Å². The Morgan fingerprint density at radius 1 is 1.03 bits per heavy atom. The molecule has 0 aliphatic rings. The van der Waals surface area contributed by atoms with Crippen LogP contribution in [0.25, 0.3) is 11.0 Å². The molecule has 1 aromatic heterocycles. The summed E-state index contributed by atoms with van der Waals surface area (Å²) in [4.78, 5) is 17.3. The zero-order chi connectivity index (χ0) is 21.8. The number of halogens is 2. The molecule has 0 saturated heterocycles. The minimum Gasteiger partial charge on any atom is -0.352 e. The van der Waals surface area contributed by atoms with E-state index < -0.39 is 0 Å². The summed E-state index contributed by atoms with van der Waals surface area (Å²) in [6.45, 7) is 3.14. The Kier molecular flexibility index (Phi) is 6.59. The summed E-state index contributed by atoms with van der Waals surface area (Å²) in [7, 11) is 0. The normalized spacial score (nSPS) is 11.1. The van der Waals surface area contributed by atoms with E-state index in [9.17, 15) is 4.79 Å². The molecule has 1 heterocycles. The van der Waals surface area contributed by atoms with Crippen molar-refractivity contribution in [2.75, 3.05) is 6.54 Å². The molecule has 4 aromatic rings. The van der Waals surface area contributed by atoms with E-state index in [0.717, 1.165) is 40.8 Å². The summed E-state index contributed by atoms with van der Waals surface area (Å²) in [5.41, 5.74) is 4.69. The second kappa shape index (κ2) is 9.54. The van der Waals surface area contributed by atoms with E-state index in [1.54, 1.807) is 6.07 Å². The Balaban J connectivity index is 1.48. The number of carbonyl (C=O) groups excluding carboxylic acids is 1. The lowest BCUT2D eigenvalue weighted by Gasteiger charge is -2.12. The molecule has 0 radical (unpaired) electrons. The third-order valence-corrected chi connectivity index (χ3v) is 5.92. The van der Waals surface area contributed by atoms with Crippen molar-refractivity contribution in [3.63, 3.8) is 0 Å². The number of fused-ring (bicyclic) bond motifs is 1. The Hall–Kier alpha value is -2.82. The number of hydrogen-bond acceptors (Lipinski definition) is 2. The molecular formula is C25H23Cl2N3O. The fourth-order valence-electron chi connectivity index (χ4n) is 3.68. The van der Waals surface area contributed by atoms with Crippen LogP contribution in [0.1, 0.15) is 33.7 Å². The highest BCUT2D eigenvalue weighted by atomic mass is 35.5. The van der Waals surface area contributed by atoms with Crippen molar-refractivity contribution in [1.29, 1.82) is 0 Å². The molecule has 0 fully saturated rings. The fourth-order valence-corrected chi connectivity index (χ4v) is 4.15. The van der Waals surface area contributed by atoms with Crippen molar-refractivity contribution in [2.45, 2.75) is 26.3 Å². The summed E-state index contributed by atoms with van der Waals surface area (Å²) in [5.74, 6) is 0.928. The quantitative estimate of drug-likeness (QED) is 0.347. The molecule has 0 aliphatic carbocycles. The molecule has 0 atom stereocenters. The third kappa shape index (κ3) is 4.92. The van der Waals surface area contributed by atoms with E-state index in [2.05, 4.69) is 16.0 Å². The van der Waals surface area contributed by atoms with Gasteiger partial charge in [0.2, 0.25) is 0 Å². The van der Waals surface area contributed by atoms with Gasteiger partial charge in [-0.1, -0.05) is 59.6 Å². The standard InChI is InChI=1S/C25H23Cl2N3O/c1-17-7-2-3-8-20(17)25(31)28-14-6-11-24-29-22-9-4-5-10-23(22)30(24)16-18-12-13-19(26)15-21(18)27/h2-5,7-10,12-13,15H,6,11,14,16H2,1H3,(H,28,31). The molecule has 6 heteroatoms. The summed E-state index contributed by atoms with van der Waals surface area (Å²) in [5, 5.41) is 4.28. The van der Waals surface area contributed by atoms with Crippen LogP contribution in [0, 0.1) is 6.92 Å². The molecule has 31 heavy (non-hydrogen) atoms. The third-order valence-electron chi connectivity index (χ3n) is 5.33. The number of para-hydroxylation sites is 2. The van der Waals surface area contributed by atoms with Crippen LogP contribution in [0.2, 0.25) is 10.0 Å². The minimum absolute atomic E-state index is 0.0421. The molecule has 0 unspecified atom stereocenters. The topological polar surface area (TPSA) is 46.9 Å². The van der Waals surface area contributed by atoms with Crippen LogP contribution in [-0.2, 0) is 13.0 Å². The Morgan fingerprint density at radius 3 is 2.61 bits per heavy atom. The summed E-state index contributed by atoms with van der Waals surface area (Å²) in [6, 6.07) is 21.2. The van der Waals surface area contributed by atoms with E-state index in [1.807, 2.05) is 61.5 Å². The van der Waals surface area contributed by atoms with Crippen molar-refractivity contribution in [3.8, 4) is 0 Å². The van der Waals surface area contributed by atoms with Gasteiger partial charge in [-0.2, -0.15) is 0 Å². The summed E-state index contributed by atoms with van der Waals surface area (Å²) < 4.78 is 2.19. The minimum atomic E-state index is -0.0421. The molecule has 0 aliphatic heterocycles. The van der Waals surface area contributed by atoms with Crippen LogP contribution in [0.15, 0.2) is 66.7 Å². The van der Waals surface area contributed by atoms with Crippen molar-refractivity contribution in [3.05, 3.63) is 99.3 Å². The first kappa shape index (κ1) is 21.4. The first-order chi connectivity index (χ1) is 15.0. The van der Waals surface area contributed by atoms with Crippen LogP contribution in [-0.4, -0.2) is 22.0 Å². The number of benzene rings is 3. The van der Waals surface area contributed by atoms with Gasteiger partial charge in [-0.25, -0.2) is 4.98 Å². The lowest BCUT2D eigenvalue weighted by atomic mass is 10.1. The lowest BCUT2D eigenvalue weighted by Crippen LogP contribution is -2.25. The molecule has 4 nitrogen and oxygen atoms in total. The highest BCUT2D eigenvalue weighted by molar-refractivity contribution is 6.35. The maximum atomic E-state index is 12.4. The zero-order valence-electron chi connectivity index (χ0n) is 17.2. The monoisotopic (exact) mass is 451 g/mol. The van der Waals surface area contributed by atoms with E-state index in [-0.39, 0.29) is 5.91 Å². The molecule has 0 saturated carbocycles. The van der Waals surface area contributed by atoms with Crippen molar-refractivity contribution in [1.82, 2.24) is 14.9 Å². The molecular weight excluding hydrogens is 429 g/mol. The van der Waals surface area contributed by atoms with Gasteiger partial charge in [-0.15, -0.1) is 0 Å². The number of imidazole rings is 1. The second-order valence-corrected chi connectivity index (χ2v) is 8.36. The van der Waals surface area contributed by atoms with Gasteiger partial charge in [-0.3, -0.25) is 4.79 Å². The number of nitrogens with one attached hydrogen (secondary N) is 1. The number of carbonyl (C=O) groups is 1. The number of aromatic nitrogens is 2. The van der Waals surface area contributed by atoms with Gasteiger partial charge in [-0.05, 0) is 54.8 Å². The first-order valence-electron chi connectivity index (χ1n) is 10.2. The smallest absolute Gasteiger partial charge is 0.251 e. The van der Waals surface area contributed by atoms with Crippen molar-refractivity contribution < 1.29 is 4.79 Å². The largest absolute Gasteiger partial charge is 0.352 e. The number of aryl methyl sites for hydroxylation is 2. The molecule has 158 valence electrons. The number of nitrogens with zero attached hydrogens (tertiary/aromatic N) is 2. The van der Waals surface area contributed by atoms with E-state index in [0.29, 0.717) is 28.7 Å². The van der Waals surface area contributed by atoms with Crippen LogP contribution < -0.4 is 5.32 Å². The predicted molar refractivity (Wildman–Crippen MR) is 127 cm³/mol. The van der Waals surface area contributed by atoms with Gasteiger partial charge < -0.3 is 9.88 Å². The number of rotatable bonds is 7. The van der Waals surface area contributed by atoms with Crippen LogP contribution in [0.3, 0.4) is 0 Å². The molecule has 1 N–H and O–H groups in total. The average molecular weight is 452 g/mol. The van der Waals surface area contributed by atoms with E-state index >= 15 is 0 Å². The van der Waals surface area contributed by atoms with Gasteiger partial charge >= 0.3 is 0 Å². The van der Waals surface area contributed by atoms with Crippen LogP contribution in [0.5, 0.6) is 0 Å². The van der Waals surface area contributed by atoms with Gasteiger partial charge in [0.25, 0.3) is 5.91 Å². The van der Waals surface area contributed by atoms with Gasteiger partial charge in [0, 0.05) is 28.6 Å². The Bertz CT molecular complexity index is 1230. The van der Waals surface area contributed by atoms with Gasteiger partial charge in [0.1, 0.15) is 5.82 Å². The first-order valence-corrected chi connectivity index (χ1v) is 11.0. The highest BCUT2D eigenvalue weighted by Gasteiger charge is 2.13. The van der Waals surface area contributed by atoms with Crippen LogP contribution >= 0.6 is 23.2 Å². The SMILES string of the molecule is Cc1ccccc1C(=O)NCCCc1nc2ccccc2n1Cc1ccc(Cl)cc1Cl. The summed E-state index contributed by atoms with van der Waals surface area (Å²) >= 11 is 12.5. The number of hydrogen-bond donors (Lipinski definition) is 1. The summed E-state index contributed by atoms with van der Waals surface area (Å²) in [6.07, 6.45) is 1.53. The molecule has 3 aromatic carbocycles. The van der Waals surface area contributed by atoms with Crippen molar-refractivity contribution in [2.24, 2.45) is 0 Å². The molecule has 0 spiro atoms. The van der Waals surface area contributed by atoms with E-state index in [1.165, 1.54) is 0 Å². The maximum Gasteiger partial charge on any atom is 0.251 e. The molecule has 0 bridgehead atoms. The maximum absolute atomic E-state index is 12.4. The fraction of sp³-hybridized carbons (Fsp3) is 0.200. The van der Waals surface area contributed by atoms with Gasteiger partial charge in [0.15, 0.2) is 0 Å². The van der Waals surface area contributed by atoms with Gasteiger partial charge in [0.05, 0.1) is 17.6 Å². The van der Waals surface area contributed by atoms with Crippen LogP contribution in [0.4, 0.5) is 0 Å². The van der Waals surface area contributed by atoms with E-state index in [4.69, 9.17) is 28.2 Å². The Labute approximate surface area is 191 Å². The number of amides is 1. The zero-order valence-corrected chi connectivity index (χ0v) is 18.7. The Morgan fingerprint density at radius 2 is 1.81 bits per heavy atom. The molecule has 4 rings (SSSR count). The lowest BCUT2D eigenvalue weighted by molar-refractivity contribution is 0.0952. The predicted octanol–water partition coefficient (Wildman–Crippen LogP) is 6.06. The highest BCUT2D eigenvalue weighted by Crippen LogP contribution is 2.25. The second-order valence-electron chi connectivity index (χ2n) is 7.51. The molecule has 1 amide bonds.